The van der Waals surface area contributed by atoms with Gasteiger partial charge in [-0.25, -0.2) is 4.39 Å². The number of carbonyl (C=O) groups is 1. The Morgan fingerprint density at radius 3 is 2.50 bits per heavy atom. The number of thiocarbonyl (C=S) groups is 1. The van der Waals surface area contributed by atoms with E-state index in [9.17, 15) is 9.18 Å². The maximum absolute atomic E-state index is 13.3. The lowest BCUT2D eigenvalue weighted by Gasteiger charge is -2.14. The number of aryl methyl sites for hydroxylation is 1. The summed E-state index contributed by atoms with van der Waals surface area (Å²) in [5, 5.41) is 3.11. The molecule has 0 bridgehead atoms. The van der Waals surface area contributed by atoms with Gasteiger partial charge in [-0.1, -0.05) is 25.6 Å². The molecule has 0 fully saturated rings. The third-order valence-electron chi connectivity index (χ3n) is 4.40. The molecule has 0 radical (unpaired) electrons. The number of furan rings is 1. The quantitative estimate of drug-likeness (QED) is 0.352. The monoisotopic (exact) mass is 397 g/mol. The van der Waals surface area contributed by atoms with Gasteiger partial charge in [0, 0.05) is 17.7 Å². The van der Waals surface area contributed by atoms with Gasteiger partial charge in [-0.2, -0.15) is 4.57 Å². The number of nitrogens with one attached hydrogen (secondary N) is 1. The molecule has 0 amide bonds. The van der Waals surface area contributed by atoms with Crippen LogP contribution in [0.3, 0.4) is 0 Å². The Labute approximate surface area is 169 Å². The van der Waals surface area contributed by atoms with Crippen molar-refractivity contribution < 1.29 is 18.2 Å². The summed E-state index contributed by atoms with van der Waals surface area (Å²) >= 11 is 5.55. The Kier molecular flexibility index (Phi) is 6.66. The van der Waals surface area contributed by atoms with Crippen LogP contribution in [0.2, 0.25) is 0 Å². The van der Waals surface area contributed by atoms with Gasteiger partial charge >= 0.3 is 0 Å². The van der Waals surface area contributed by atoms with E-state index in [1.807, 2.05) is 30.6 Å². The van der Waals surface area contributed by atoms with Gasteiger partial charge in [0.05, 0.1) is 12.8 Å². The summed E-state index contributed by atoms with van der Waals surface area (Å²) in [7, 11) is 0. The Hall–Kier alpha value is -2.86. The molecule has 0 unspecified atom stereocenters. The summed E-state index contributed by atoms with van der Waals surface area (Å²) in [6.45, 7) is 2.50. The standard InChI is InChI=1S/C22H21FN2O2S/c1-2-4-16-10-12-25(13-11-16)20(21(26)17-6-8-18(23)9-7-17)22(28)24-15-19-5-3-14-27-19/h3,5-14,20H,2,4,15H2,1H3/p+1/t20-/m0/s1. The lowest BCUT2D eigenvalue weighted by Crippen LogP contribution is -2.51. The molecular formula is C22H22FN2O2S+. The molecule has 1 N–H and O–H groups in total. The van der Waals surface area contributed by atoms with E-state index in [1.165, 1.54) is 29.8 Å². The number of Topliss-reactive ketones (excluding diaryl/α,β-unsaturated/α-hetero) is 1. The first-order chi connectivity index (χ1) is 13.6. The van der Waals surface area contributed by atoms with Gasteiger partial charge in [0.2, 0.25) is 5.78 Å². The van der Waals surface area contributed by atoms with Crippen molar-refractivity contribution in [3.8, 4) is 0 Å². The molecule has 144 valence electrons. The van der Waals surface area contributed by atoms with Crippen LogP contribution in [-0.2, 0) is 13.0 Å². The third-order valence-corrected chi connectivity index (χ3v) is 4.77. The van der Waals surface area contributed by atoms with Crippen LogP contribution in [0.15, 0.2) is 71.6 Å². The highest BCUT2D eigenvalue weighted by Crippen LogP contribution is 2.13. The van der Waals surface area contributed by atoms with E-state index in [4.69, 9.17) is 16.6 Å². The summed E-state index contributed by atoms with van der Waals surface area (Å²) in [5.74, 6) is 0.131. The fourth-order valence-electron chi connectivity index (χ4n) is 2.94. The van der Waals surface area contributed by atoms with Crippen molar-refractivity contribution in [1.29, 1.82) is 0 Å². The number of hydrogen-bond donors (Lipinski definition) is 1. The molecule has 4 nitrogen and oxygen atoms in total. The molecule has 0 saturated heterocycles. The van der Waals surface area contributed by atoms with Crippen molar-refractivity contribution in [3.63, 3.8) is 0 Å². The van der Waals surface area contributed by atoms with Gasteiger partial charge in [-0.05, 0) is 48.4 Å². The first-order valence-corrected chi connectivity index (χ1v) is 9.59. The zero-order chi connectivity index (χ0) is 19.9. The summed E-state index contributed by atoms with van der Waals surface area (Å²) in [4.78, 5) is 13.5. The van der Waals surface area contributed by atoms with E-state index >= 15 is 0 Å². The Bertz CT molecular complexity index is 922. The van der Waals surface area contributed by atoms with E-state index in [-0.39, 0.29) is 11.6 Å². The van der Waals surface area contributed by atoms with Crippen molar-refractivity contribution in [2.45, 2.75) is 32.4 Å². The van der Waals surface area contributed by atoms with Crippen molar-refractivity contribution in [3.05, 3.63) is 89.9 Å². The molecule has 0 aliphatic rings. The number of pyridine rings is 1. The second-order valence-corrected chi connectivity index (χ2v) is 6.91. The van der Waals surface area contributed by atoms with Crippen LogP contribution < -0.4 is 9.88 Å². The van der Waals surface area contributed by atoms with E-state index in [0.717, 1.165) is 18.6 Å². The average molecular weight is 397 g/mol. The molecule has 1 aromatic carbocycles. The second kappa shape index (κ2) is 9.37. The highest BCUT2D eigenvalue weighted by Gasteiger charge is 2.33. The van der Waals surface area contributed by atoms with Gasteiger partial charge in [0.25, 0.3) is 6.04 Å². The van der Waals surface area contributed by atoms with Crippen LogP contribution in [0.5, 0.6) is 0 Å². The molecule has 0 spiro atoms. The van der Waals surface area contributed by atoms with Crippen LogP contribution in [0.1, 0.15) is 41.1 Å². The molecule has 3 aromatic rings. The fourth-order valence-corrected chi connectivity index (χ4v) is 3.24. The highest BCUT2D eigenvalue weighted by atomic mass is 32.1. The molecule has 0 saturated carbocycles. The van der Waals surface area contributed by atoms with E-state index < -0.39 is 6.04 Å². The molecule has 0 aliphatic carbocycles. The summed E-state index contributed by atoms with van der Waals surface area (Å²) in [6.07, 6.45) is 7.32. The predicted molar refractivity (Wildman–Crippen MR) is 109 cm³/mol. The lowest BCUT2D eigenvalue weighted by atomic mass is 10.0. The van der Waals surface area contributed by atoms with Gasteiger partial charge in [0.1, 0.15) is 11.6 Å². The third kappa shape index (κ3) is 4.89. The summed E-state index contributed by atoms with van der Waals surface area (Å²) < 4.78 is 20.4. The van der Waals surface area contributed by atoms with Crippen LogP contribution in [0.4, 0.5) is 4.39 Å². The number of hydrogen-bond acceptors (Lipinski definition) is 3. The second-order valence-electron chi connectivity index (χ2n) is 6.47. The number of nitrogens with zero attached hydrogens (tertiary/aromatic N) is 1. The van der Waals surface area contributed by atoms with Crippen molar-refractivity contribution in [2.24, 2.45) is 0 Å². The zero-order valence-corrected chi connectivity index (χ0v) is 16.4. The Balaban J connectivity index is 1.86. The minimum atomic E-state index is -0.730. The summed E-state index contributed by atoms with van der Waals surface area (Å²) in [6, 6.07) is 12.4. The molecule has 2 heterocycles. The Morgan fingerprint density at radius 2 is 1.89 bits per heavy atom. The van der Waals surface area contributed by atoms with Gasteiger partial charge < -0.3 is 9.73 Å². The van der Waals surface area contributed by atoms with E-state index in [0.29, 0.717) is 17.1 Å². The largest absolute Gasteiger partial charge is 0.467 e. The van der Waals surface area contributed by atoms with Crippen LogP contribution in [0, 0.1) is 5.82 Å². The number of benzene rings is 1. The van der Waals surface area contributed by atoms with Crippen molar-refractivity contribution in [2.75, 3.05) is 0 Å². The maximum Gasteiger partial charge on any atom is 0.270 e. The Morgan fingerprint density at radius 1 is 1.18 bits per heavy atom. The number of ketones is 1. The molecule has 2 aromatic heterocycles. The average Bonchev–Trinajstić information content (AvgIpc) is 3.22. The lowest BCUT2D eigenvalue weighted by molar-refractivity contribution is -0.692. The molecular weight excluding hydrogens is 375 g/mol. The topological polar surface area (TPSA) is 46.1 Å². The van der Waals surface area contributed by atoms with Crippen LogP contribution in [0.25, 0.3) is 0 Å². The number of aromatic nitrogens is 1. The van der Waals surface area contributed by atoms with Crippen molar-refractivity contribution >= 4 is 23.0 Å². The van der Waals surface area contributed by atoms with Crippen LogP contribution in [-0.4, -0.2) is 10.8 Å². The minimum absolute atomic E-state index is 0.204. The van der Waals surface area contributed by atoms with E-state index in [2.05, 4.69) is 12.2 Å². The molecule has 6 heteroatoms. The molecule has 28 heavy (non-hydrogen) atoms. The first-order valence-electron chi connectivity index (χ1n) is 9.18. The number of carbonyl (C=O) groups excluding carboxylic acids is 1. The number of halogens is 1. The molecule has 3 rings (SSSR count). The highest BCUT2D eigenvalue weighted by molar-refractivity contribution is 7.80. The SMILES string of the molecule is CCCc1cc[n+]([C@@H](C(=O)c2ccc(F)cc2)C(=S)NCc2ccco2)cc1. The fraction of sp³-hybridized carbons (Fsp3) is 0.227. The molecule has 0 aliphatic heterocycles. The maximum atomic E-state index is 13.3. The normalized spacial score (nSPS) is 11.8. The number of rotatable bonds is 8. The smallest absolute Gasteiger partial charge is 0.270 e. The minimum Gasteiger partial charge on any atom is -0.467 e. The van der Waals surface area contributed by atoms with Crippen LogP contribution >= 0.6 is 12.2 Å². The molecule has 1 atom stereocenters. The first kappa shape index (κ1) is 19.9. The van der Waals surface area contributed by atoms with Gasteiger partial charge in [-0.15, -0.1) is 0 Å². The summed E-state index contributed by atoms with van der Waals surface area (Å²) in [5.41, 5.74) is 1.60. The van der Waals surface area contributed by atoms with Crippen molar-refractivity contribution in [1.82, 2.24) is 5.32 Å². The van der Waals surface area contributed by atoms with Gasteiger partial charge in [-0.3, -0.25) is 4.79 Å². The zero-order valence-electron chi connectivity index (χ0n) is 15.6. The van der Waals surface area contributed by atoms with E-state index in [1.54, 1.807) is 16.9 Å². The predicted octanol–water partition coefficient (Wildman–Crippen LogP) is 4.20. The van der Waals surface area contributed by atoms with Gasteiger partial charge in [0.15, 0.2) is 17.4 Å².